The molecule has 0 saturated carbocycles. The van der Waals surface area contributed by atoms with Crippen LogP contribution >= 0.6 is 31.4 Å². The average Bonchev–Trinajstić information content (AvgIpc) is 1.83. The summed E-state index contributed by atoms with van der Waals surface area (Å²) >= 11 is 0. The van der Waals surface area contributed by atoms with Crippen molar-refractivity contribution in [2.75, 3.05) is 6.26 Å². The molecule has 48 valence electrons. The van der Waals surface area contributed by atoms with E-state index in [9.17, 15) is 0 Å². The first-order chi connectivity index (χ1) is 3.81. The number of hydrogen-bond donors (Lipinski definition) is 0. The van der Waals surface area contributed by atoms with Gasteiger partial charge >= 0.3 is 0 Å². The van der Waals surface area contributed by atoms with E-state index < -0.39 is 0 Å². The lowest BCUT2D eigenvalue weighted by Crippen LogP contribution is -1.60. The molecule has 0 atom stereocenters. The highest BCUT2D eigenvalue weighted by atomic mass is 33.5. The van der Waals surface area contributed by atoms with Crippen molar-refractivity contribution in [3.8, 4) is 0 Å². The third-order valence-electron chi connectivity index (χ3n) is 0.614. The van der Waals surface area contributed by atoms with Gasteiger partial charge in [0.2, 0.25) is 0 Å². The Morgan fingerprint density at radius 3 is 2.62 bits per heavy atom. The van der Waals surface area contributed by atoms with Crippen LogP contribution in [0, 0.1) is 0 Å². The molecule has 0 heterocycles. The molecular formula is C5H10S3. The molecule has 0 bridgehead atoms. The summed E-state index contributed by atoms with van der Waals surface area (Å²) < 4.78 is 0. The van der Waals surface area contributed by atoms with E-state index in [0.29, 0.717) is 0 Å². The normalized spacial score (nSPS) is 9.25. The first-order valence-corrected chi connectivity index (χ1v) is 6.25. The van der Waals surface area contributed by atoms with Gasteiger partial charge in [-0.2, -0.15) is 0 Å². The van der Waals surface area contributed by atoms with E-state index in [1.807, 2.05) is 0 Å². The summed E-state index contributed by atoms with van der Waals surface area (Å²) in [6, 6.07) is 0. The van der Waals surface area contributed by atoms with Gasteiger partial charge in [0.1, 0.15) is 0 Å². The molecule has 0 aromatic rings. The fourth-order valence-corrected chi connectivity index (χ4v) is 2.75. The Labute approximate surface area is 62.7 Å². The van der Waals surface area contributed by atoms with Crippen molar-refractivity contribution in [3.05, 3.63) is 11.5 Å². The van der Waals surface area contributed by atoms with Crippen LogP contribution in [-0.4, -0.2) is 6.26 Å². The highest BCUT2D eigenvalue weighted by Crippen LogP contribution is 2.38. The summed E-state index contributed by atoms with van der Waals surface area (Å²) in [6.45, 7) is 5.96. The zero-order valence-electron chi connectivity index (χ0n) is 5.14. The minimum Gasteiger partial charge on any atom is -0.0886 e. The topological polar surface area (TPSA) is 0 Å². The van der Waals surface area contributed by atoms with Crippen LogP contribution in [0.25, 0.3) is 0 Å². The largest absolute Gasteiger partial charge is 0.0886 e. The van der Waals surface area contributed by atoms with E-state index in [0.717, 1.165) is 6.42 Å². The minimum atomic E-state index is 1.08. The van der Waals surface area contributed by atoms with E-state index in [1.54, 1.807) is 31.4 Å². The quantitative estimate of drug-likeness (QED) is 0.586. The lowest BCUT2D eigenvalue weighted by atomic mass is 10.5. The molecule has 0 saturated heterocycles. The molecule has 0 aliphatic rings. The van der Waals surface area contributed by atoms with Gasteiger partial charge in [0.15, 0.2) is 0 Å². The van der Waals surface area contributed by atoms with Crippen molar-refractivity contribution in [3.63, 3.8) is 0 Å². The summed E-state index contributed by atoms with van der Waals surface area (Å²) in [4.78, 5) is 1.25. The third-order valence-corrected chi connectivity index (χ3v) is 4.50. The van der Waals surface area contributed by atoms with Gasteiger partial charge in [0.05, 0.1) is 0 Å². The Balaban J connectivity index is 2.99. The van der Waals surface area contributed by atoms with Gasteiger partial charge < -0.3 is 0 Å². The molecule has 0 aromatic heterocycles. The second-order valence-corrected chi connectivity index (χ2v) is 5.56. The Morgan fingerprint density at radius 2 is 2.25 bits per heavy atom. The van der Waals surface area contributed by atoms with E-state index in [1.165, 1.54) is 4.91 Å². The van der Waals surface area contributed by atoms with Crippen LogP contribution < -0.4 is 0 Å². The van der Waals surface area contributed by atoms with E-state index in [4.69, 9.17) is 0 Å². The van der Waals surface area contributed by atoms with Gasteiger partial charge in [-0.15, -0.1) is 0 Å². The lowest BCUT2D eigenvalue weighted by molar-refractivity contribution is 1.21. The van der Waals surface area contributed by atoms with Crippen molar-refractivity contribution >= 4 is 31.4 Å². The molecule has 0 aliphatic heterocycles. The molecule has 0 spiro atoms. The van der Waals surface area contributed by atoms with Gasteiger partial charge in [-0.05, 0) is 27.4 Å². The third kappa shape index (κ3) is 4.94. The molecular weight excluding hydrogens is 156 g/mol. The molecule has 0 fully saturated rings. The maximum atomic E-state index is 3.84. The Kier molecular flexibility index (Phi) is 6.50. The highest BCUT2D eigenvalue weighted by Gasteiger charge is 1.88. The molecule has 0 radical (unpaired) electrons. The Bertz CT molecular complexity index is 70.1. The summed E-state index contributed by atoms with van der Waals surface area (Å²) in [5.74, 6) is 0. The molecule has 0 aliphatic carbocycles. The van der Waals surface area contributed by atoms with Crippen LogP contribution in [-0.2, 0) is 0 Å². The summed E-state index contributed by atoms with van der Waals surface area (Å²) in [6.07, 6.45) is 3.15. The Hall–Kier alpha value is 0.790. The minimum absolute atomic E-state index is 1.08. The van der Waals surface area contributed by atoms with Gasteiger partial charge in [-0.25, -0.2) is 0 Å². The van der Waals surface area contributed by atoms with E-state index >= 15 is 0 Å². The van der Waals surface area contributed by atoms with Crippen LogP contribution in [0.5, 0.6) is 0 Å². The first kappa shape index (κ1) is 8.79. The molecule has 0 unspecified atom stereocenters. The van der Waals surface area contributed by atoms with Crippen LogP contribution in [0.1, 0.15) is 13.3 Å². The molecule has 0 aromatic carbocycles. The molecule has 8 heavy (non-hydrogen) atoms. The average molecular weight is 166 g/mol. The SMILES string of the molecule is C=C(CC)SSSC. The predicted molar refractivity (Wildman–Crippen MR) is 48.1 cm³/mol. The zero-order chi connectivity index (χ0) is 6.41. The summed E-state index contributed by atoms with van der Waals surface area (Å²) in [5.41, 5.74) is 0. The van der Waals surface area contributed by atoms with E-state index in [2.05, 4.69) is 19.8 Å². The maximum Gasteiger partial charge on any atom is -0.00708 e. The van der Waals surface area contributed by atoms with Crippen molar-refractivity contribution < 1.29 is 0 Å². The Morgan fingerprint density at radius 1 is 1.62 bits per heavy atom. The zero-order valence-corrected chi connectivity index (χ0v) is 7.59. The standard InChI is InChI=1S/C5H10S3/c1-4-5(2)7-8-6-3/h2,4H2,1,3H3. The summed E-state index contributed by atoms with van der Waals surface area (Å²) in [5, 5.41) is 0. The van der Waals surface area contributed by atoms with Crippen LogP contribution in [0.3, 0.4) is 0 Å². The van der Waals surface area contributed by atoms with Crippen molar-refractivity contribution in [2.24, 2.45) is 0 Å². The number of rotatable bonds is 4. The van der Waals surface area contributed by atoms with Crippen LogP contribution in [0.2, 0.25) is 0 Å². The molecule has 0 N–H and O–H groups in total. The lowest BCUT2D eigenvalue weighted by Gasteiger charge is -1.95. The molecule has 0 nitrogen and oxygen atoms in total. The molecule has 0 rings (SSSR count). The second-order valence-electron chi connectivity index (χ2n) is 1.21. The van der Waals surface area contributed by atoms with Gasteiger partial charge in [0, 0.05) is 0 Å². The second kappa shape index (κ2) is 5.92. The number of hydrogen-bond acceptors (Lipinski definition) is 3. The monoisotopic (exact) mass is 166 g/mol. The van der Waals surface area contributed by atoms with Gasteiger partial charge in [0.25, 0.3) is 0 Å². The van der Waals surface area contributed by atoms with Gasteiger partial charge in [-0.1, -0.05) is 35.1 Å². The van der Waals surface area contributed by atoms with Crippen molar-refractivity contribution in [1.82, 2.24) is 0 Å². The van der Waals surface area contributed by atoms with Crippen molar-refractivity contribution in [2.45, 2.75) is 13.3 Å². The predicted octanol–water partition coefficient (Wildman–Crippen LogP) is 3.57. The summed E-state index contributed by atoms with van der Waals surface area (Å²) in [7, 11) is 5.30. The van der Waals surface area contributed by atoms with Gasteiger partial charge in [-0.3, -0.25) is 0 Å². The fraction of sp³-hybridized carbons (Fsp3) is 0.600. The van der Waals surface area contributed by atoms with E-state index in [-0.39, 0.29) is 0 Å². The van der Waals surface area contributed by atoms with Crippen LogP contribution in [0.15, 0.2) is 11.5 Å². The molecule has 3 heteroatoms. The molecule has 0 amide bonds. The maximum absolute atomic E-state index is 3.84. The first-order valence-electron chi connectivity index (χ1n) is 2.36. The smallest absolute Gasteiger partial charge is 0.00708 e. The highest BCUT2D eigenvalue weighted by molar-refractivity contribution is 9.10. The number of allylic oxidation sites excluding steroid dienone is 1. The fourth-order valence-electron chi connectivity index (χ4n) is 0.141. The van der Waals surface area contributed by atoms with Crippen molar-refractivity contribution in [1.29, 1.82) is 0 Å². The van der Waals surface area contributed by atoms with Crippen LogP contribution in [0.4, 0.5) is 0 Å².